The maximum Gasteiger partial charge on any atom is 0.0767 e. The topological polar surface area (TPSA) is 40.7 Å². The molecule has 0 fully saturated rings. The molecule has 0 saturated carbocycles. The minimum absolute atomic E-state index is 0.981. The first kappa shape index (κ1) is 8.81. The molecule has 0 atom stereocenters. The van der Waals surface area contributed by atoms with Gasteiger partial charge in [0.05, 0.1) is 11.9 Å². The van der Waals surface area contributed by atoms with Crippen molar-refractivity contribution in [3.63, 3.8) is 0 Å². The van der Waals surface area contributed by atoms with Gasteiger partial charge in [-0.05, 0) is 24.1 Å². The third-order valence-electron chi connectivity index (χ3n) is 2.15. The Labute approximate surface area is 83.2 Å². The molecule has 1 aromatic carbocycles. The molecule has 3 heteroatoms. The summed E-state index contributed by atoms with van der Waals surface area (Å²) in [5, 5.41) is 9.87. The van der Waals surface area contributed by atoms with Gasteiger partial charge in [0.15, 0.2) is 0 Å². The normalized spacial score (nSPS) is 10.1. The summed E-state index contributed by atoms with van der Waals surface area (Å²) >= 11 is 0. The number of anilines is 2. The second-order valence-corrected chi connectivity index (χ2v) is 3.16. The second-order valence-electron chi connectivity index (χ2n) is 3.16. The van der Waals surface area contributed by atoms with Crippen molar-refractivity contribution in [1.29, 1.82) is 0 Å². The average Bonchev–Trinajstić information content (AvgIpc) is 2.72. The average molecular weight is 187 g/mol. The van der Waals surface area contributed by atoms with Crippen molar-refractivity contribution in [3.05, 3.63) is 42.2 Å². The lowest BCUT2D eigenvalue weighted by Crippen LogP contribution is -1.88. The summed E-state index contributed by atoms with van der Waals surface area (Å²) in [4.78, 5) is 0. The van der Waals surface area contributed by atoms with Crippen molar-refractivity contribution in [2.45, 2.75) is 13.3 Å². The van der Waals surface area contributed by atoms with Crippen molar-refractivity contribution in [3.8, 4) is 0 Å². The minimum atomic E-state index is 0.981. The predicted octanol–water partition coefficient (Wildman–Crippen LogP) is 2.72. The predicted molar refractivity (Wildman–Crippen MR) is 57.7 cm³/mol. The molecule has 0 aliphatic heterocycles. The van der Waals surface area contributed by atoms with E-state index >= 15 is 0 Å². The lowest BCUT2D eigenvalue weighted by molar-refractivity contribution is 1.09. The van der Waals surface area contributed by atoms with Crippen LogP contribution in [0.4, 0.5) is 11.4 Å². The van der Waals surface area contributed by atoms with Crippen molar-refractivity contribution < 1.29 is 0 Å². The fourth-order valence-electron chi connectivity index (χ4n) is 1.31. The first-order chi connectivity index (χ1) is 6.88. The summed E-state index contributed by atoms with van der Waals surface area (Å²) in [6.45, 7) is 2.15. The number of hydrogen-bond acceptors (Lipinski definition) is 2. The SMILES string of the molecule is CCc1ccc(Nc2cn[nH]c2)cc1. The highest BCUT2D eigenvalue weighted by molar-refractivity contribution is 5.57. The quantitative estimate of drug-likeness (QED) is 0.775. The van der Waals surface area contributed by atoms with Gasteiger partial charge >= 0.3 is 0 Å². The Hall–Kier alpha value is -1.77. The van der Waals surface area contributed by atoms with Crippen molar-refractivity contribution in [2.24, 2.45) is 0 Å². The first-order valence-electron chi connectivity index (χ1n) is 4.73. The smallest absolute Gasteiger partial charge is 0.0767 e. The summed E-state index contributed by atoms with van der Waals surface area (Å²) in [6, 6.07) is 8.41. The van der Waals surface area contributed by atoms with Gasteiger partial charge in [0.25, 0.3) is 0 Å². The maximum atomic E-state index is 3.86. The second kappa shape index (κ2) is 3.96. The highest BCUT2D eigenvalue weighted by atomic mass is 15.1. The number of rotatable bonds is 3. The lowest BCUT2D eigenvalue weighted by Gasteiger charge is -2.03. The monoisotopic (exact) mass is 187 g/mol. The molecule has 2 aromatic rings. The van der Waals surface area contributed by atoms with Gasteiger partial charge in [-0.2, -0.15) is 5.10 Å². The first-order valence-corrected chi connectivity index (χ1v) is 4.73. The van der Waals surface area contributed by atoms with E-state index in [1.54, 1.807) is 6.20 Å². The van der Waals surface area contributed by atoms with E-state index in [1.807, 2.05) is 6.20 Å². The van der Waals surface area contributed by atoms with Gasteiger partial charge in [-0.3, -0.25) is 5.10 Å². The van der Waals surface area contributed by atoms with Crippen LogP contribution in [0.3, 0.4) is 0 Å². The van der Waals surface area contributed by atoms with Crippen molar-refractivity contribution in [2.75, 3.05) is 5.32 Å². The lowest BCUT2D eigenvalue weighted by atomic mass is 10.1. The standard InChI is InChI=1S/C11H13N3/c1-2-9-3-5-10(6-4-9)14-11-7-12-13-8-11/h3-8,14H,2H2,1H3,(H,12,13). The molecule has 0 aliphatic rings. The maximum absolute atomic E-state index is 3.86. The molecule has 0 amide bonds. The van der Waals surface area contributed by atoms with E-state index in [1.165, 1.54) is 5.56 Å². The Kier molecular flexibility index (Phi) is 2.49. The highest BCUT2D eigenvalue weighted by Crippen LogP contribution is 2.15. The van der Waals surface area contributed by atoms with Crippen LogP contribution in [0.15, 0.2) is 36.7 Å². The van der Waals surface area contributed by atoms with Crippen LogP contribution >= 0.6 is 0 Å². The molecule has 14 heavy (non-hydrogen) atoms. The Morgan fingerprint density at radius 2 is 2.00 bits per heavy atom. The number of aromatic nitrogens is 2. The molecule has 72 valence electrons. The van der Waals surface area contributed by atoms with Crippen LogP contribution in [0, 0.1) is 0 Å². The number of H-pyrrole nitrogens is 1. The third-order valence-corrected chi connectivity index (χ3v) is 2.15. The van der Waals surface area contributed by atoms with Gasteiger partial charge < -0.3 is 5.32 Å². The molecule has 0 bridgehead atoms. The van der Waals surface area contributed by atoms with E-state index in [0.29, 0.717) is 0 Å². The van der Waals surface area contributed by atoms with Gasteiger partial charge in [-0.1, -0.05) is 19.1 Å². The largest absolute Gasteiger partial charge is 0.353 e. The zero-order chi connectivity index (χ0) is 9.80. The molecule has 2 N–H and O–H groups in total. The van der Waals surface area contributed by atoms with Crippen molar-refractivity contribution in [1.82, 2.24) is 10.2 Å². The molecule has 1 aromatic heterocycles. The number of aromatic amines is 1. The fourth-order valence-corrected chi connectivity index (χ4v) is 1.31. The van der Waals surface area contributed by atoms with E-state index < -0.39 is 0 Å². The van der Waals surface area contributed by atoms with Crippen molar-refractivity contribution >= 4 is 11.4 Å². The zero-order valence-electron chi connectivity index (χ0n) is 8.12. The molecule has 0 saturated heterocycles. The Bertz CT molecular complexity index is 375. The van der Waals surface area contributed by atoms with Gasteiger partial charge in [-0.15, -0.1) is 0 Å². The molecule has 0 unspecified atom stereocenters. The minimum Gasteiger partial charge on any atom is -0.353 e. The van der Waals surface area contributed by atoms with Crippen LogP contribution in [0.2, 0.25) is 0 Å². The molecule has 0 radical (unpaired) electrons. The Balaban J connectivity index is 2.10. The number of nitrogens with one attached hydrogen (secondary N) is 2. The number of aryl methyl sites for hydroxylation is 1. The van der Waals surface area contributed by atoms with Crippen LogP contribution in [-0.4, -0.2) is 10.2 Å². The summed E-state index contributed by atoms with van der Waals surface area (Å²) < 4.78 is 0. The Morgan fingerprint density at radius 3 is 2.57 bits per heavy atom. The summed E-state index contributed by atoms with van der Waals surface area (Å²) in [6.07, 6.45) is 4.66. The van der Waals surface area contributed by atoms with E-state index in [9.17, 15) is 0 Å². The molecule has 3 nitrogen and oxygen atoms in total. The van der Waals surface area contributed by atoms with Crippen LogP contribution in [-0.2, 0) is 6.42 Å². The number of benzene rings is 1. The molecule has 0 spiro atoms. The number of hydrogen-bond donors (Lipinski definition) is 2. The van der Waals surface area contributed by atoms with Gasteiger partial charge in [0.2, 0.25) is 0 Å². The van der Waals surface area contributed by atoms with Gasteiger partial charge in [-0.25, -0.2) is 0 Å². The number of nitrogens with zero attached hydrogens (tertiary/aromatic N) is 1. The summed E-state index contributed by atoms with van der Waals surface area (Å²) in [5.41, 5.74) is 3.42. The van der Waals surface area contributed by atoms with E-state index in [4.69, 9.17) is 0 Å². The zero-order valence-corrected chi connectivity index (χ0v) is 8.12. The molecule has 2 rings (SSSR count). The molecular weight excluding hydrogens is 174 g/mol. The van der Waals surface area contributed by atoms with Gasteiger partial charge in [0.1, 0.15) is 0 Å². The summed E-state index contributed by atoms with van der Waals surface area (Å²) in [7, 11) is 0. The summed E-state index contributed by atoms with van der Waals surface area (Å²) in [5.74, 6) is 0. The van der Waals surface area contributed by atoms with E-state index in [2.05, 4.69) is 46.7 Å². The molecule has 1 heterocycles. The van der Waals surface area contributed by atoms with Crippen LogP contribution < -0.4 is 5.32 Å². The molecule has 0 aliphatic carbocycles. The highest BCUT2D eigenvalue weighted by Gasteiger charge is 1.94. The Morgan fingerprint density at radius 1 is 1.21 bits per heavy atom. The van der Waals surface area contributed by atoms with Gasteiger partial charge in [0, 0.05) is 11.9 Å². The fraction of sp³-hybridized carbons (Fsp3) is 0.182. The van der Waals surface area contributed by atoms with Crippen LogP contribution in [0.5, 0.6) is 0 Å². The van der Waals surface area contributed by atoms with E-state index in [-0.39, 0.29) is 0 Å². The molecular formula is C11H13N3. The third kappa shape index (κ3) is 1.93. The van der Waals surface area contributed by atoms with Crippen LogP contribution in [0.25, 0.3) is 0 Å². The van der Waals surface area contributed by atoms with Crippen LogP contribution in [0.1, 0.15) is 12.5 Å². The van der Waals surface area contributed by atoms with E-state index in [0.717, 1.165) is 17.8 Å².